The van der Waals surface area contributed by atoms with Gasteiger partial charge >= 0.3 is 12.2 Å². The number of fused-ring (bicyclic) bond motifs is 5. The molecule has 6 aromatic rings. The van der Waals surface area contributed by atoms with Crippen molar-refractivity contribution in [1.29, 1.82) is 0 Å². The molecule has 2 saturated heterocycles. The van der Waals surface area contributed by atoms with Crippen molar-refractivity contribution in [3.05, 3.63) is 94.5 Å². The second-order valence-corrected chi connectivity index (χ2v) is 19.5. The number of aromatic amines is 2. The monoisotopic (exact) mass is 944 g/mol. The highest BCUT2D eigenvalue weighted by atomic mass is 32.1. The lowest BCUT2D eigenvalue weighted by molar-refractivity contribution is -0.135. The third-order valence-electron chi connectivity index (χ3n) is 13.4. The van der Waals surface area contributed by atoms with E-state index in [4.69, 9.17) is 29.2 Å². The Morgan fingerprint density at radius 2 is 1.49 bits per heavy atom. The van der Waals surface area contributed by atoms with E-state index >= 15 is 4.39 Å². The van der Waals surface area contributed by atoms with Crippen molar-refractivity contribution in [1.82, 2.24) is 49.9 Å². The maximum absolute atomic E-state index is 16.9. The molecule has 0 radical (unpaired) electrons. The van der Waals surface area contributed by atoms with E-state index in [0.717, 1.165) is 57.7 Å². The van der Waals surface area contributed by atoms with Crippen LogP contribution in [0.25, 0.3) is 44.7 Å². The van der Waals surface area contributed by atoms with Gasteiger partial charge in [0.05, 0.1) is 76.7 Å². The quantitative estimate of drug-likeness (QED) is 0.0862. The van der Waals surface area contributed by atoms with E-state index in [-0.39, 0.29) is 29.8 Å². The summed E-state index contributed by atoms with van der Waals surface area (Å²) in [5.74, 6) is 0.852. The highest BCUT2D eigenvalue weighted by Gasteiger charge is 2.40. The molecule has 1 aliphatic carbocycles. The minimum absolute atomic E-state index is 0.178. The number of nitrogens with one attached hydrogen (secondary N) is 4. The summed E-state index contributed by atoms with van der Waals surface area (Å²) in [7, 11) is 2.51. The molecule has 3 aliphatic heterocycles. The number of imidazole rings is 2. The second-order valence-electron chi connectivity index (χ2n) is 18.4. The lowest BCUT2D eigenvalue weighted by Crippen LogP contribution is -2.51. The predicted octanol–water partition coefficient (Wildman–Crippen LogP) is 8.51. The van der Waals surface area contributed by atoms with Gasteiger partial charge in [0.25, 0.3) is 0 Å². The van der Waals surface area contributed by atoms with Crippen molar-refractivity contribution in [3.63, 3.8) is 0 Å². The van der Waals surface area contributed by atoms with Gasteiger partial charge in [0, 0.05) is 41.7 Å². The van der Waals surface area contributed by atoms with E-state index in [2.05, 4.69) is 27.2 Å². The molecule has 19 heteroatoms. The van der Waals surface area contributed by atoms with Crippen LogP contribution in [0.3, 0.4) is 0 Å². The van der Waals surface area contributed by atoms with Crippen molar-refractivity contribution in [2.75, 3.05) is 27.3 Å². The highest BCUT2D eigenvalue weighted by molar-refractivity contribution is 7.11. The van der Waals surface area contributed by atoms with Crippen molar-refractivity contribution in [3.8, 4) is 39.5 Å². The summed E-state index contributed by atoms with van der Waals surface area (Å²) in [6.45, 7) is 10.4. The molecule has 10 rings (SSSR count). The lowest BCUT2D eigenvalue weighted by Gasteiger charge is -2.30. The van der Waals surface area contributed by atoms with Crippen LogP contribution in [-0.2, 0) is 19.1 Å². The standard InChI is InChI=1S/C49H53FN10O7S/c1-24(2)40(56-48(63)65-5)45(61)58-15-7-9-34(58)42-51-21-31(54-42)27-13-14-33-29(17-27)19-36-39-30(50)18-28(20-37(39)67-47(60(33)36)38-23-53-44(68-38)26-11-12-26)32-22-52-43(55-32)35-10-8-16-59(35)46(62)41(25(3)4)57-49(64)66-6/h13-14,17-23,25-26,34-35,40-41,47H,1,7-12,15-16H2,2-6H3,(H,51,54)(H,52,55)(H,56,63)(H,57,64)/t34-,35-,40-,41-,47-/m0/s1. The fourth-order valence-electron chi connectivity index (χ4n) is 9.77. The Morgan fingerprint density at radius 3 is 2.12 bits per heavy atom. The summed E-state index contributed by atoms with van der Waals surface area (Å²) >= 11 is 1.61. The van der Waals surface area contributed by atoms with Crippen LogP contribution in [0.5, 0.6) is 5.75 Å². The maximum atomic E-state index is 16.9. The SMILES string of the molecule is C=C(C)[C@H](NC(=O)OC)C(=O)N1CCC[C@H]1c1ncc(-c2ccc3c(c2)cc2n3[C@H](c3cnc(C4CC4)s3)Oc3cc(-c4cnc([C@@H]5CCCN5C(=O)[C@@H](NC(=O)OC)C(C)C)[nH]4)cc(F)c3-2)[nH]1. The van der Waals surface area contributed by atoms with Gasteiger partial charge in [0.1, 0.15) is 35.3 Å². The van der Waals surface area contributed by atoms with Crippen molar-refractivity contribution in [2.45, 2.75) is 95.6 Å². The Labute approximate surface area is 395 Å². The van der Waals surface area contributed by atoms with Gasteiger partial charge in [0.15, 0.2) is 0 Å². The molecule has 4 aromatic heterocycles. The number of hydrogen-bond donors (Lipinski definition) is 4. The summed E-state index contributed by atoms with van der Waals surface area (Å²) in [4.78, 5) is 77.2. The smallest absolute Gasteiger partial charge is 0.407 e. The van der Waals surface area contributed by atoms with E-state index < -0.39 is 36.3 Å². The normalized spacial score (nSPS) is 19.6. The largest absolute Gasteiger partial charge is 0.464 e. The van der Waals surface area contributed by atoms with Crippen LogP contribution in [0.4, 0.5) is 14.0 Å². The number of hydrogen-bond acceptors (Lipinski definition) is 11. The maximum Gasteiger partial charge on any atom is 0.407 e. The third-order valence-corrected chi connectivity index (χ3v) is 14.6. The summed E-state index contributed by atoms with van der Waals surface area (Å²) in [5.41, 5.74) is 5.00. The van der Waals surface area contributed by atoms with Gasteiger partial charge < -0.3 is 44.6 Å². The van der Waals surface area contributed by atoms with Crippen molar-refractivity contribution in [2.24, 2.45) is 5.92 Å². The first-order valence-electron chi connectivity index (χ1n) is 23.0. The van der Waals surface area contributed by atoms with Gasteiger partial charge in [-0.2, -0.15) is 0 Å². The number of carbonyl (C=O) groups excluding carboxylic acids is 4. The van der Waals surface area contributed by atoms with Crippen LogP contribution in [0.2, 0.25) is 0 Å². The summed E-state index contributed by atoms with van der Waals surface area (Å²) in [6.07, 6.45) is 8.34. The van der Waals surface area contributed by atoms with Crippen LogP contribution in [-0.4, -0.2) is 103 Å². The molecule has 4 amide bonds. The zero-order valence-electron chi connectivity index (χ0n) is 38.4. The van der Waals surface area contributed by atoms with Gasteiger partial charge in [-0.1, -0.05) is 26.5 Å². The molecule has 0 spiro atoms. The molecular formula is C49H53FN10O7S. The number of thiazole rings is 1. The number of alkyl carbamates (subject to hydrolysis) is 2. The number of halogens is 1. The fraction of sp³-hybridized carbons (Fsp3) is 0.408. The molecule has 354 valence electrons. The van der Waals surface area contributed by atoms with Crippen LogP contribution < -0.4 is 15.4 Å². The number of amides is 4. The number of H-pyrrole nitrogens is 2. The molecule has 0 bridgehead atoms. The Kier molecular flexibility index (Phi) is 11.8. The molecule has 68 heavy (non-hydrogen) atoms. The van der Waals surface area contributed by atoms with Crippen LogP contribution in [0.1, 0.15) is 105 Å². The zero-order valence-corrected chi connectivity index (χ0v) is 39.2. The first-order valence-corrected chi connectivity index (χ1v) is 23.8. The number of methoxy groups -OCH3 is 2. The Hall–Kier alpha value is -7.02. The molecule has 3 fully saturated rings. The van der Waals surface area contributed by atoms with Gasteiger partial charge in [0.2, 0.25) is 18.0 Å². The summed E-state index contributed by atoms with van der Waals surface area (Å²) in [6, 6.07) is 8.92. The first kappa shape index (κ1) is 44.8. The van der Waals surface area contributed by atoms with Crippen LogP contribution >= 0.6 is 11.3 Å². The van der Waals surface area contributed by atoms with Crippen LogP contribution in [0.15, 0.2) is 67.1 Å². The van der Waals surface area contributed by atoms with Gasteiger partial charge in [-0.05, 0) is 87.3 Å². The minimum Gasteiger partial charge on any atom is -0.464 e. The Morgan fingerprint density at radius 1 is 0.838 bits per heavy atom. The van der Waals surface area contributed by atoms with E-state index in [1.54, 1.807) is 40.5 Å². The van der Waals surface area contributed by atoms with E-state index in [1.165, 1.54) is 20.3 Å². The summed E-state index contributed by atoms with van der Waals surface area (Å²) < 4.78 is 35.3. The zero-order chi connectivity index (χ0) is 47.5. The Balaban J connectivity index is 0.964. The average Bonchev–Trinajstić information content (AvgIpc) is 4.05. The predicted molar refractivity (Wildman–Crippen MR) is 251 cm³/mol. The molecule has 7 heterocycles. The first-order chi connectivity index (χ1) is 32.8. The lowest BCUT2D eigenvalue weighted by atomic mass is 10.0. The molecule has 2 aromatic carbocycles. The molecule has 17 nitrogen and oxygen atoms in total. The van der Waals surface area contributed by atoms with Gasteiger partial charge in [-0.3, -0.25) is 14.2 Å². The number of rotatable bonds is 12. The number of likely N-dealkylation sites (tertiary alicyclic amines) is 2. The average molecular weight is 945 g/mol. The van der Waals surface area contributed by atoms with Crippen LogP contribution in [0, 0.1) is 11.7 Å². The van der Waals surface area contributed by atoms with Crippen molar-refractivity contribution < 1.29 is 37.8 Å². The number of ether oxygens (including phenoxy) is 3. The highest BCUT2D eigenvalue weighted by Crippen LogP contribution is 2.50. The van der Waals surface area contributed by atoms with Gasteiger partial charge in [-0.25, -0.2) is 28.9 Å². The number of benzene rings is 2. The number of nitrogens with zero attached hydrogens (tertiary/aromatic N) is 6. The van der Waals surface area contributed by atoms with E-state index in [1.807, 2.05) is 54.9 Å². The molecule has 4 N–H and O–H groups in total. The van der Waals surface area contributed by atoms with Crippen molar-refractivity contribution >= 4 is 46.2 Å². The van der Waals surface area contributed by atoms with Gasteiger partial charge in [-0.15, -0.1) is 11.3 Å². The van der Waals surface area contributed by atoms with E-state index in [9.17, 15) is 19.2 Å². The Bertz CT molecular complexity index is 2970. The second kappa shape index (κ2) is 17.9. The number of carbonyl (C=O) groups is 4. The third kappa shape index (κ3) is 8.15. The number of aromatic nitrogens is 6. The summed E-state index contributed by atoms with van der Waals surface area (Å²) in [5, 5.41) is 7.21. The topological polar surface area (TPSA) is 202 Å². The minimum atomic E-state index is -0.937. The molecule has 5 atom stereocenters. The molecule has 4 aliphatic rings. The molecule has 1 saturated carbocycles. The van der Waals surface area contributed by atoms with E-state index in [0.29, 0.717) is 77.3 Å². The molecular weight excluding hydrogens is 892 g/mol. The molecule has 0 unspecified atom stereocenters. The fourth-order valence-corrected chi connectivity index (χ4v) is 10.9.